The van der Waals surface area contributed by atoms with E-state index in [0.29, 0.717) is 35.0 Å². The number of hydrogen-bond donors (Lipinski definition) is 2. The summed E-state index contributed by atoms with van der Waals surface area (Å²) in [6, 6.07) is 7.81. The van der Waals surface area contributed by atoms with Crippen LogP contribution in [-0.4, -0.2) is 38.8 Å². The number of aryl methyl sites for hydroxylation is 1. The van der Waals surface area contributed by atoms with Gasteiger partial charge in [-0.15, -0.1) is 0 Å². The average Bonchev–Trinajstić information content (AvgIpc) is 3.10. The Morgan fingerprint density at radius 3 is 2.97 bits per heavy atom. The SMILES string of the molecule is C=CC(=O)Nc1ccc2c(c1)C(=O)N([C@H]1CCC[C@@H](Nc3ncc(C#N)c(C)n3)C1)C2. The maximum absolute atomic E-state index is 13.1. The molecule has 2 N–H and O–H groups in total. The molecular formula is C23H24N6O2. The molecule has 0 radical (unpaired) electrons. The number of anilines is 2. The van der Waals surface area contributed by atoms with Gasteiger partial charge in [0.2, 0.25) is 11.9 Å². The first kappa shape index (κ1) is 20.5. The number of benzene rings is 1. The lowest BCUT2D eigenvalue weighted by atomic mass is 9.90. The van der Waals surface area contributed by atoms with Crippen molar-refractivity contribution >= 4 is 23.5 Å². The molecule has 0 spiro atoms. The van der Waals surface area contributed by atoms with Crippen molar-refractivity contribution in [2.75, 3.05) is 10.6 Å². The van der Waals surface area contributed by atoms with Crippen molar-refractivity contribution in [3.05, 3.63) is 59.4 Å². The van der Waals surface area contributed by atoms with E-state index in [1.165, 1.54) is 12.3 Å². The van der Waals surface area contributed by atoms with E-state index in [-0.39, 0.29) is 23.9 Å². The Morgan fingerprint density at radius 2 is 2.23 bits per heavy atom. The van der Waals surface area contributed by atoms with Crippen molar-refractivity contribution in [2.24, 2.45) is 0 Å². The third kappa shape index (κ3) is 4.26. The number of nitrogens with zero attached hydrogens (tertiary/aromatic N) is 4. The summed E-state index contributed by atoms with van der Waals surface area (Å²) in [5.74, 6) is 0.213. The van der Waals surface area contributed by atoms with Crippen molar-refractivity contribution in [3.63, 3.8) is 0 Å². The minimum absolute atomic E-state index is 0.000759. The maximum atomic E-state index is 13.1. The van der Waals surface area contributed by atoms with Gasteiger partial charge in [0.15, 0.2) is 0 Å². The van der Waals surface area contributed by atoms with E-state index >= 15 is 0 Å². The molecule has 0 bridgehead atoms. The molecule has 1 saturated carbocycles. The molecule has 2 heterocycles. The highest BCUT2D eigenvalue weighted by Gasteiger charge is 2.35. The molecule has 2 atom stereocenters. The van der Waals surface area contributed by atoms with Crippen molar-refractivity contribution in [3.8, 4) is 6.07 Å². The Balaban J connectivity index is 1.44. The van der Waals surface area contributed by atoms with Gasteiger partial charge in [0.1, 0.15) is 6.07 Å². The van der Waals surface area contributed by atoms with E-state index in [2.05, 4.69) is 33.2 Å². The first-order valence-corrected chi connectivity index (χ1v) is 10.4. The van der Waals surface area contributed by atoms with E-state index in [1.54, 1.807) is 13.0 Å². The highest BCUT2D eigenvalue weighted by Crippen LogP contribution is 2.33. The molecular weight excluding hydrogens is 392 g/mol. The van der Waals surface area contributed by atoms with Gasteiger partial charge < -0.3 is 15.5 Å². The first-order valence-electron chi connectivity index (χ1n) is 10.4. The van der Waals surface area contributed by atoms with E-state index in [9.17, 15) is 9.59 Å². The highest BCUT2D eigenvalue weighted by molar-refractivity contribution is 6.02. The molecule has 4 rings (SSSR count). The lowest BCUT2D eigenvalue weighted by Gasteiger charge is -2.35. The third-order valence-corrected chi connectivity index (χ3v) is 5.92. The fourth-order valence-corrected chi connectivity index (χ4v) is 4.30. The fraction of sp³-hybridized carbons (Fsp3) is 0.348. The largest absolute Gasteiger partial charge is 0.351 e. The van der Waals surface area contributed by atoms with Gasteiger partial charge >= 0.3 is 0 Å². The number of amides is 2. The Kier molecular flexibility index (Phi) is 5.67. The Hall–Kier alpha value is -3.73. The molecule has 8 nitrogen and oxygen atoms in total. The summed E-state index contributed by atoms with van der Waals surface area (Å²) in [6.45, 7) is 5.82. The van der Waals surface area contributed by atoms with Crippen LogP contribution in [-0.2, 0) is 11.3 Å². The van der Waals surface area contributed by atoms with Crippen LogP contribution >= 0.6 is 0 Å². The summed E-state index contributed by atoms with van der Waals surface area (Å²) in [6.07, 6.45) is 6.47. The number of carbonyl (C=O) groups excluding carboxylic acids is 2. The Morgan fingerprint density at radius 1 is 1.39 bits per heavy atom. The molecule has 1 fully saturated rings. The molecule has 1 aromatic carbocycles. The Labute approximate surface area is 181 Å². The standard InChI is InChI=1S/C23H24N6O2/c1-3-21(30)27-18-8-7-15-13-29(22(31)20(15)10-18)19-6-4-5-17(9-19)28-23-25-12-16(11-24)14(2)26-23/h3,7-8,10,12,17,19H,1,4-6,9,13H2,2H3,(H,27,30)(H,25,26,28)/t17-,19+/m1/s1. The van der Waals surface area contributed by atoms with E-state index < -0.39 is 0 Å². The quantitative estimate of drug-likeness (QED) is 0.725. The molecule has 158 valence electrons. The van der Waals surface area contributed by atoms with Crippen LogP contribution in [0, 0.1) is 18.3 Å². The van der Waals surface area contributed by atoms with Crippen LogP contribution in [0.2, 0.25) is 0 Å². The molecule has 2 amide bonds. The highest BCUT2D eigenvalue weighted by atomic mass is 16.2. The van der Waals surface area contributed by atoms with Crippen LogP contribution in [0.4, 0.5) is 11.6 Å². The second-order valence-electron chi connectivity index (χ2n) is 7.96. The maximum Gasteiger partial charge on any atom is 0.254 e. The van der Waals surface area contributed by atoms with Gasteiger partial charge in [0.25, 0.3) is 5.91 Å². The number of nitriles is 1. The number of rotatable bonds is 5. The lowest BCUT2D eigenvalue weighted by Crippen LogP contribution is -2.42. The van der Waals surface area contributed by atoms with Gasteiger partial charge in [-0.1, -0.05) is 12.6 Å². The predicted octanol–water partition coefficient (Wildman–Crippen LogP) is 3.16. The fourth-order valence-electron chi connectivity index (χ4n) is 4.30. The van der Waals surface area contributed by atoms with Crippen molar-refractivity contribution in [1.29, 1.82) is 5.26 Å². The second kappa shape index (κ2) is 8.56. The molecule has 1 aliphatic heterocycles. The zero-order chi connectivity index (χ0) is 22.0. The molecule has 0 saturated heterocycles. The van der Waals surface area contributed by atoms with Crippen LogP contribution in [0.15, 0.2) is 37.1 Å². The predicted molar refractivity (Wildman–Crippen MR) is 116 cm³/mol. The van der Waals surface area contributed by atoms with Gasteiger partial charge in [0.05, 0.1) is 17.5 Å². The molecule has 0 unspecified atom stereocenters. The minimum Gasteiger partial charge on any atom is -0.351 e. The Bertz CT molecular complexity index is 1090. The molecule has 2 aromatic rings. The molecule has 2 aliphatic rings. The zero-order valence-corrected chi connectivity index (χ0v) is 17.4. The summed E-state index contributed by atoms with van der Waals surface area (Å²) in [5, 5.41) is 15.1. The van der Waals surface area contributed by atoms with Gasteiger partial charge in [-0.05, 0) is 56.4 Å². The minimum atomic E-state index is -0.302. The van der Waals surface area contributed by atoms with E-state index in [0.717, 1.165) is 31.2 Å². The molecule has 31 heavy (non-hydrogen) atoms. The summed E-state index contributed by atoms with van der Waals surface area (Å²) in [7, 11) is 0. The van der Waals surface area contributed by atoms with Crippen LogP contribution < -0.4 is 10.6 Å². The van der Waals surface area contributed by atoms with Crippen molar-refractivity contribution in [2.45, 2.75) is 51.2 Å². The number of hydrogen-bond acceptors (Lipinski definition) is 6. The van der Waals surface area contributed by atoms with Gasteiger partial charge in [-0.2, -0.15) is 5.26 Å². The first-order chi connectivity index (χ1) is 15.0. The van der Waals surface area contributed by atoms with E-state index in [4.69, 9.17) is 5.26 Å². The van der Waals surface area contributed by atoms with Crippen LogP contribution in [0.1, 0.15) is 52.9 Å². The normalized spacial score (nSPS) is 20.0. The number of carbonyl (C=O) groups is 2. The molecule has 8 heteroatoms. The summed E-state index contributed by atoms with van der Waals surface area (Å²) in [5.41, 5.74) is 3.33. The van der Waals surface area contributed by atoms with Crippen molar-refractivity contribution < 1.29 is 9.59 Å². The molecule has 1 aliphatic carbocycles. The topological polar surface area (TPSA) is 111 Å². The van der Waals surface area contributed by atoms with E-state index in [1.807, 2.05) is 17.0 Å². The number of fused-ring (bicyclic) bond motifs is 1. The summed E-state index contributed by atoms with van der Waals surface area (Å²) in [4.78, 5) is 35.2. The molecule has 1 aromatic heterocycles. The smallest absolute Gasteiger partial charge is 0.254 e. The van der Waals surface area contributed by atoms with Gasteiger partial charge in [-0.3, -0.25) is 9.59 Å². The summed E-state index contributed by atoms with van der Waals surface area (Å²) < 4.78 is 0. The zero-order valence-electron chi connectivity index (χ0n) is 17.4. The summed E-state index contributed by atoms with van der Waals surface area (Å²) >= 11 is 0. The lowest BCUT2D eigenvalue weighted by molar-refractivity contribution is -0.111. The van der Waals surface area contributed by atoms with Gasteiger partial charge in [0, 0.05) is 29.9 Å². The van der Waals surface area contributed by atoms with Crippen LogP contribution in [0.5, 0.6) is 0 Å². The van der Waals surface area contributed by atoms with Crippen LogP contribution in [0.25, 0.3) is 0 Å². The third-order valence-electron chi connectivity index (χ3n) is 5.92. The van der Waals surface area contributed by atoms with Crippen LogP contribution in [0.3, 0.4) is 0 Å². The number of aromatic nitrogens is 2. The monoisotopic (exact) mass is 416 g/mol. The van der Waals surface area contributed by atoms with Gasteiger partial charge in [-0.25, -0.2) is 9.97 Å². The second-order valence-corrected chi connectivity index (χ2v) is 7.96. The average molecular weight is 416 g/mol. The number of nitrogens with one attached hydrogen (secondary N) is 2. The van der Waals surface area contributed by atoms with Crippen molar-refractivity contribution in [1.82, 2.24) is 14.9 Å².